The molecule has 0 aliphatic carbocycles. The SMILES string of the molecule is Cc1nc(Nc2ccc(F)cc2)c2c(C)c(C(=O)O)sc2n1. The molecule has 0 bridgehead atoms. The van der Waals surface area contributed by atoms with Crippen LogP contribution >= 0.6 is 11.3 Å². The van der Waals surface area contributed by atoms with Crippen molar-refractivity contribution in [2.75, 3.05) is 5.32 Å². The predicted octanol–water partition coefficient (Wildman–Crippen LogP) is 3.89. The Morgan fingerprint density at radius 3 is 2.55 bits per heavy atom. The molecule has 0 amide bonds. The number of carboxylic acid groups (broad SMARTS) is 1. The number of thiophene rings is 1. The summed E-state index contributed by atoms with van der Waals surface area (Å²) >= 11 is 1.12. The first-order valence-corrected chi connectivity index (χ1v) is 7.31. The van der Waals surface area contributed by atoms with E-state index in [4.69, 9.17) is 0 Å². The minimum Gasteiger partial charge on any atom is -0.477 e. The van der Waals surface area contributed by atoms with Crippen LogP contribution in [0.3, 0.4) is 0 Å². The highest BCUT2D eigenvalue weighted by Crippen LogP contribution is 2.35. The minimum atomic E-state index is -0.981. The smallest absolute Gasteiger partial charge is 0.346 e. The van der Waals surface area contributed by atoms with Gasteiger partial charge >= 0.3 is 5.97 Å². The van der Waals surface area contributed by atoms with E-state index in [1.54, 1.807) is 26.0 Å². The number of fused-ring (bicyclic) bond motifs is 1. The molecule has 0 fully saturated rings. The first-order valence-electron chi connectivity index (χ1n) is 6.49. The number of rotatable bonds is 3. The molecule has 2 heterocycles. The fourth-order valence-electron chi connectivity index (χ4n) is 2.21. The van der Waals surface area contributed by atoms with Gasteiger partial charge in [-0.2, -0.15) is 0 Å². The largest absolute Gasteiger partial charge is 0.477 e. The number of hydrogen-bond donors (Lipinski definition) is 2. The monoisotopic (exact) mass is 317 g/mol. The summed E-state index contributed by atoms with van der Waals surface area (Å²) in [4.78, 5) is 20.8. The number of hydrogen-bond acceptors (Lipinski definition) is 5. The van der Waals surface area contributed by atoms with E-state index in [0.29, 0.717) is 33.1 Å². The van der Waals surface area contributed by atoms with E-state index in [9.17, 15) is 14.3 Å². The highest BCUT2D eigenvalue weighted by Gasteiger charge is 2.19. The van der Waals surface area contributed by atoms with Crippen molar-refractivity contribution in [1.29, 1.82) is 0 Å². The van der Waals surface area contributed by atoms with Crippen LogP contribution in [-0.4, -0.2) is 21.0 Å². The number of aromatic nitrogens is 2. The molecule has 0 saturated heterocycles. The van der Waals surface area contributed by atoms with E-state index in [1.165, 1.54) is 12.1 Å². The highest BCUT2D eigenvalue weighted by atomic mass is 32.1. The van der Waals surface area contributed by atoms with E-state index >= 15 is 0 Å². The van der Waals surface area contributed by atoms with Gasteiger partial charge in [0.05, 0.1) is 5.39 Å². The van der Waals surface area contributed by atoms with Crippen LogP contribution in [0.4, 0.5) is 15.9 Å². The number of aryl methyl sites for hydroxylation is 2. The third-order valence-electron chi connectivity index (χ3n) is 3.20. The van der Waals surface area contributed by atoms with Crippen LogP contribution < -0.4 is 5.32 Å². The average Bonchev–Trinajstić information content (AvgIpc) is 2.78. The maximum Gasteiger partial charge on any atom is 0.346 e. The van der Waals surface area contributed by atoms with Gasteiger partial charge in [0.1, 0.15) is 27.2 Å². The Morgan fingerprint density at radius 1 is 1.23 bits per heavy atom. The van der Waals surface area contributed by atoms with Gasteiger partial charge in [-0.3, -0.25) is 0 Å². The van der Waals surface area contributed by atoms with Crippen LogP contribution in [0.1, 0.15) is 21.1 Å². The van der Waals surface area contributed by atoms with E-state index in [0.717, 1.165) is 11.3 Å². The molecule has 3 rings (SSSR count). The molecule has 7 heteroatoms. The minimum absolute atomic E-state index is 0.247. The maximum atomic E-state index is 13.0. The number of carboxylic acids is 1. The van der Waals surface area contributed by atoms with Crippen LogP contribution in [0, 0.1) is 19.7 Å². The standard InChI is InChI=1S/C15H12FN3O2S/c1-7-11-13(19-10-5-3-9(16)4-6-10)17-8(2)18-14(11)22-12(7)15(20)21/h3-6H,1-2H3,(H,20,21)(H,17,18,19). The second-order valence-corrected chi connectivity index (χ2v) is 5.79. The molecule has 2 aromatic heterocycles. The second-order valence-electron chi connectivity index (χ2n) is 4.79. The summed E-state index contributed by atoms with van der Waals surface area (Å²) < 4.78 is 13.0. The molecule has 0 radical (unpaired) electrons. The third kappa shape index (κ3) is 2.50. The third-order valence-corrected chi connectivity index (χ3v) is 4.38. The zero-order valence-electron chi connectivity index (χ0n) is 11.8. The summed E-state index contributed by atoms with van der Waals surface area (Å²) in [5.41, 5.74) is 1.29. The summed E-state index contributed by atoms with van der Waals surface area (Å²) in [6.45, 7) is 3.47. The molecule has 0 spiro atoms. The lowest BCUT2D eigenvalue weighted by molar-refractivity contribution is 0.0701. The molecule has 0 atom stereocenters. The Morgan fingerprint density at radius 2 is 1.91 bits per heavy atom. The van der Waals surface area contributed by atoms with E-state index in [2.05, 4.69) is 15.3 Å². The van der Waals surface area contributed by atoms with Gasteiger partial charge in [-0.1, -0.05) is 0 Å². The first kappa shape index (κ1) is 14.4. The first-order chi connectivity index (χ1) is 10.5. The maximum absolute atomic E-state index is 13.0. The Kier molecular flexibility index (Phi) is 3.50. The normalized spacial score (nSPS) is 10.9. The van der Waals surface area contributed by atoms with E-state index in [-0.39, 0.29) is 10.7 Å². The molecule has 112 valence electrons. The van der Waals surface area contributed by atoms with Crippen molar-refractivity contribution >= 4 is 39.0 Å². The lowest BCUT2D eigenvalue weighted by atomic mass is 10.2. The Labute approximate surface area is 129 Å². The lowest BCUT2D eigenvalue weighted by Gasteiger charge is -2.08. The van der Waals surface area contributed by atoms with Crippen LogP contribution in [0.2, 0.25) is 0 Å². The summed E-state index contributed by atoms with van der Waals surface area (Å²) in [5.74, 6) is -0.244. The number of carbonyl (C=O) groups is 1. The number of nitrogens with one attached hydrogen (secondary N) is 1. The molecule has 22 heavy (non-hydrogen) atoms. The number of halogens is 1. The van der Waals surface area contributed by atoms with Gasteiger partial charge in [0.15, 0.2) is 0 Å². The van der Waals surface area contributed by atoms with E-state index < -0.39 is 5.97 Å². The number of anilines is 2. The van der Waals surface area contributed by atoms with Crippen molar-refractivity contribution < 1.29 is 14.3 Å². The molecule has 3 aromatic rings. The zero-order valence-corrected chi connectivity index (χ0v) is 12.7. The van der Waals surface area contributed by atoms with Gasteiger partial charge in [-0.05, 0) is 43.7 Å². The van der Waals surface area contributed by atoms with Crippen LogP contribution in [-0.2, 0) is 0 Å². The molecule has 0 aliphatic rings. The molecule has 0 unspecified atom stereocenters. The van der Waals surface area contributed by atoms with Gasteiger partial charge < -0.3 is 10.4 Å². The van der Waals surface area contributed by atoms with Crippen LogP contribution in [0.25, 0.3) is 10.2 Å². The van der Waals surface area contributed by atoms with Gasteiger partial charge in [0, 0.05) is 5.69 Å². The molecule has 1 aromatic carbocycles. The lowest BCUT2D eigenvalue weighted by Crippen LogP contribution is -1.99. The summed E-state index contributed by atoms with van der Waals surface area (Å²) in [6.07, 6.45) is 0. The van der Waals surface area contributed by atoms with Crippen molar-refractivity contribution in [3.63, 3.8) is 0 Å². The fourth-order valence-corrected chi connectivity index (χ4v) is 3.28. The van der Waals surface area contributed by atoms with Gasteiger partial charge in [-0.25, -0.2) is 19.2 Å². The topological polar surface area (TPSA) is 75.1 Å². The predicted molar refractivity (Wildman–Crippen MR) is 83.5 cm³/mol. The number of benzene rings is 1. The van der Waals surface area contributed by atoms with Gasteiger partial charge in [0.25, 0.3) is 0 Å². The Hall–Kier alpha value is -2.54. The Balaban J connectivity index is 2.15. The van der Waals surface area contributed by atoms with Crippen molar-refractivity contribution in [3.05, 3.63) is 46.3 Å². The van der Waals surface area contributed by atoms with Gasteiger partial charge in [-0.15, -0.1) is 11.3 Å². The quantitative estimate of drug-likeness (QED) is 0.766. The van der Waals surface area contributed by atoms with Crippen LogP contribution in [0.5, 0.6) is 0 Å². The van der Waals surface area contributed by atoms with Crippen molar-refractivity contribution in [1.82, 2.24) is 9.97 Å². The summed E-state index contributed by atoms with van der Waals surface area (Å²) in [7, 11) is 0. The van der Waals surface area contributed by atoms with Crippen molar-refractivity contribution in [3.8, 4) is 0 Å². The number of nitrogens with zero attached hydrogens (tertiary/aromatic N) is 2. The zero-order chi connectivity index (χ0) is 15.9. The molecule has 0 aliphatic heterocycles. The van der Waals surface area contributed by atoms with Gasteiger partial charge in [0.2, 0.25) is 0 Å². The van der Waals surface area contributed by atoms with Crippen molar-refractivity contribution in [2.24, 2.45) is 0 Å². The average molecular weight is 317 g/mol. The highest BCUT2D eigenvalue weighted by molar-refractivity contribution is 7.20. The molecular formula is C15H12FN3O2S. The summed E-state index contributed by atoms with van der Waals surface area (Å²) in [6, 6.07) is 5.88. The molecule has 2 N–H and O–H groups in total. The summed E-state index contributed by atoms with van der Waals surface area (Å²) in [5, 5.41) is 13.0. The van der Waals surface area contributed by atoms with Crippen molar-refractivity contribution in [2.45, 2.75) is 13.8 Å². The second kappa shape index (κ2) is 5.34. The fraction of sp³-hybridized carbons (Fsp3) is 0.133. The molecule has 0 saturated carbocycles. The number of aromatic carboxylic acids is 1. The molecular weight excluding hydrogens is 305 g/mol. The molecule has 5 nitrogen and oxygen atoms in total. The van der Waals surface area contributed by atoms with E-state index in [1.807, 2.05) is 0 Å². The van der Waals surface area contributed by atoms with Crippen LogP contribution in [0.15, 0.2) is 24.3 Å². The Bertz CT molecular complexity index is 875.